The van der Waals surface area contributed by atoms with Gasteiger partial charge in [-0.25, -0.2) is 4.57 Å². The summed E-state index contributed by atoms with van der Waals surface area (Å²) in [5.41, 5.74) is 0. The molecule has 86 heavy (non-hydrogen) atoms. The number of esters is 2. The van der Waals surface area contributed by atoms with Gasteiger partial charge in [0, 0.05) is 12.8 Å². The first-order valence-corrected chi connectivity index (χ1v) is 37.8. The summed E-state index contributed by atoms with van der Waals surface area (Å²) in [6, 6.07) is 0. The number of unbranched alkanes of at least 4 members (excludes halogenated alkanes) is 39. The smallest absolute Gasteiger partial charge is 0.462 e. The number of ether oxygens (including phenoxy) is 2. The van der Waals surface area contributed by atoms with E-state index in [1.165, 1.54) is 218 Å². The molecule has 0 aromatic carbocycles. The van der Waals surface area contributed by atoms with Crippen LogP contribution in [0.2, 0.25) is 0 Å². The molecule has 0 aliphatic carbocycles. The number of nitrogens with zero attached hydrogens (tertiary/aromatic N) is 1. The summed E-state index contributed by atoms with van der Waals surface area (Å²) >= 11 is 0. The van der Waals surface area contributed by atoms with Crippen LogP contribution in [0.15, 0.2) is 85.1 Å². The summed E-state index contributed by atoms with van der Waals surface area (Å²) in [7, 11) is 1.47. The summed E-state index contributed by atoms with van der Waals surface area (Å²) in [4.78, 5) is 35.9. The lowest BCUT2D eigenvalue weighted by molar-refractivity contribution is -0.870. The SMILES string of the molecule is CC/C=C\C/C=C\C/C=C\C/C=C\C/C=C\C/C=C\CCCCCCCCCCC(=O)OC(COC(=O)CCCCCCCCCCCCCCCCCCCCCCCCC/C=C\CCCCCCCCCC)COP(=O)(O)OCC[N+](C)(C)C. The topological polar surface area (TPSA) is 108 Å². The molecule has 0 heterocycles. The van der Waals surface area contributed by atoms with Crippen molar-refractivity contribution >= 4 is 19.8 Å². The van der Waals surface area contributed by atoms with E-state index in [0.717, 1.165) is 83.5 Å². The Kier molecular flexibility index (Phi) is 64.4. The molecule has 0 bridgehead atoms. The Morgan fingerprint density at radius 3 is 1.00 bits per heavy atom. The number of rotatable bonds is 67. The molecule has 0 saturated heterocycles. The Hall–Kier alpha value is -2.81. The van der Waals surface area contributed by atoms with E-state index in [1.807, 2.05) is 21.1 Å². The second-order valence-corrected chi connectivity index (χ2v) is 27.0. The van der Waals surface area contributed by atoms with Crippen molar-refractivity contribution < 1.29 is 42.1 Å². The number of phosphoric ester groups is 1. The Balaban J connectivity index is 4.00. The average molecular weight is 1230 g/mol. The van der Waals surface area contributed by atoms with Gasteiger partial charge >= 0.3 is 19.8 Å². The minimum absolute atomic E-state index is 0.0278. The van der Waals surface area contributed by atoms with E-state index in [0.29, 0.717) is 17.4 Å². The normalized spacial score (nSPS) is 13.6. The van der Waals surface area contributed by atoms with Crippen LogP contribution >= 0.6 is 7.82 Å². The second kappa shape index (κ2) is 66.6. The minimum Gasteiger partial charge on any atom is -0.462 e. The molecule has 0 radical (unpaired) electrons. The van der Waals surface area contributed by atoms with Crippen LogP contribution in [0, 0.1) is 0 Å². The van der Waals surface area contributed by atoms with Gasteiger partial charge in [0.1, 0.15) is 19.8 Å². The Morgan fingerprint density at radius 1 is 0.372 bits per heavy atom. The van der Waals surface area contributed by atoms with Crippen LogP contribution in [-0.2, 0) is 32.7 Å². The van der Waals surface area contributed by atoms with E-state index in [-0.39, 0.29) is 32.0 Å². The maximum atomic E-state index is 12.9. The molecule has 2 unspecified atom stereocenters. The number of quaternary nitrogens is 1. The third-order valence-corrected chi connectivity index (χ3v) is 16.9. The van der Waals surface area contributed by atoms with Crippen LogP contribution in [-0.4, -0.2) is 74.9 Å². The number of hydrogen-bond acceptors (Lipinski definition) is 7. The monoisotopic (exact) mass is 1230 g/mol. The molecule has 0 saturated carbocycles. The zero-order valence-corrected chi connectivity index (χ0v) is 57.9. The van der Waals surface area contributed by atoms with Gasteiger partial charge in [0.05, 0.1) is 27.7 Å². The molecule has 2 atom stereocenters. The number of phosphoric acid groups is 1. The number of allylic oxidation sites excluding steroid dienone is 14. The quantitative estimate of drug-likeness (QED) is 0.0211. The minimum atomic E-state index is -4.40. The molecule has 0 aliphatic rings. The highest BCUT2D eigenvalue weighted by Crippen LogP contribution is 2.43. The molecule has 1 N–H and O–H groups in total. The van der Waals surface area contributed by atoms with Gasteiger partial charge in [0.25, 0.3) is 0 Å². The van der Waals surface area contributed by atoms with Crippen LogP contribution in [0.4, 0.5) is 0 Å². The van der Waals surface area contributed by atoms with Crippen molar-refractivity contribution in [3.8, 4) is 0 Å². The van der Waals surface area contributed by atoms with Crippen molar-refractivity contribution in [1.82, 2.24) is 0 Å². The molecular formula is C76H139NO8P+. The number of carbonyl (C=O) groups excluding carboxylic acids is 2. The van der Waals surface area contributed by atoms with Crippen molar-refractivity contribution in [3.63, 3.8) is 0 Å². The maximum absolute atomic E-state index is 12.9. The molecule has 0 spiro atoms. The lowest BCUT2D eigenvalue weighted by atomic mass is 10.0. The van der Waals surface area contributed by atoms with Gasteiger partial charge < -0.3 is 18.9 Å². The molecule has 0 amide bonds. The first-order chi connectivity index (χ1) is 42.0. The van der Waals surface area contributed by atoms with Crippen LogP contribution in [0.25, 0.3) is 0 Å². The standard InChI is InChI=1S/C76H138NO8P/c1-6-8-10-12-14-16-18-20-22-24-26-28-30-32-34-35-36-37-38-39-40-41-43-44-46-48-50-52-54-56-58-60-62-64-66-68-75(78)82-72-74(73-84-86(80,81)83-71-70-77(3,4)5)85-76(79)69-67-65-63-61-59-57-55-53-51-49-47-45-42-33-31-29-27-25-23-21-19-17-15-13-11-9-7-2/h9,11,15,17,21,23-24,26-27,29,33,42,47,49,74H,6-8,10,12-14,16,18-20,22,25,28,30-32,34-41,43-46,48,50-73H2,1-5H3/p+1/b11-9-,17-15-,23-21-,26-24-,29-27-,42-33-,49-47-. The first kappa shape index (κ1) is 83.2. The van der Waals surface area contributed by atoms with E-state index in [2.05, 4.69) is 98.9 Å². The predicted molar refractivity (Wildman–Crippen MR) is 372 cm³/mol. The number of hydrogen-bond donors (Lipinski definition) is 1. The number of likely N-dealkylation sites (N-methyl/N-ethyl adjacent to an activating group) is 1. The average Bonchev–Trinajstić information content (AvgIpc) is 3.53. The van der Waals surface area contributed by atoms with Gasteiger partial charge in [-0.2, -0.15) is 0 Å². The molecule has 0 fully saturated rings. The van der Waals surface area contributed by atoms with Gasteiger partial charge in [-0.05, 0) is 89.9 Å². The summed E-state index contributed by atoms with van der Waals surface area (Å²) in [5, 5.41) is 0. The van der Waals surface area contributed by atoms with Gasteiger partial charge in [-0.3, -0.25) is 18.6 Å². The lowest BCUT2D eigenvalue weighted by Crippen LogP contribution is -2.37. The fourth-order valence-electron chi connectivity index (χ4n) is 10.4. The highest BCUT2D eigenvalue weighted by atomic mass is 31.2. The Morgan fingerprint density at radius 2 is 0.663 bits per heavy atom. The highest BCUT2D eigenvalue weighted by molar-refractivity contribution is 7.47. The molecule has 0 rings (SSSR count). The van der Waals surface area contributed by atoms with Crippen molar-refractivity contribution in [3.05, 3.63) is 85.1 Å². The lowest BCUT2D eigenvalue weighted by Gasteiger charge is -2.24. The van der Waals surface area contributed by atoms with Crippen molar-refractivity contribution in [2.45, 2.75) is 341 Å². The van der Waals surface area contributed by atoms with Gasteiger partial charge in [-0.1, -0.05) is 317 Å². The van der Waals surface area contributed by atoms with Crippen molar-refractivity contribution in [2.75, 3.05) is 47.5 Å². The van der Waals surface area contributed by atoms with Crippen LogP contribution < -0.4 is 0 Å². The Bertz CT molecular complexity index is 1730. The summed E-state index contributed by atoms with van der Waals surface area (Å²) < 4.78 is 34.7. The molecule has 500 valence electrons. The van der Waals surface area contributed by atoms with Gasteiger partial charge in [0.2, 0.25) is 0 Å². The Labute approximate surface area is 532 Å². The fraction of sp³-hybridized carbons (Fsp3) is 0.789. The van der Waals surface area contributed by atoms with E-state index in [1.54, 1.807) is 0 Å². The highest BCUT2D eigenvalue weighted by Gasteiger charge is 2.27. The van der Waals surface area contributed by atoms with Crippen LogP contribution in [0.3, 0.4) is 0 Å². The van der Waals surface area contributed by atoms with Crippen LogP contribution in [0.5, 0.6) is 0 Å². The molecule has 10 heteroatoms. The molecule has 0 aliphatic heterocycles. The maximum Gasteiger partial charge on any atom is 0.472 e. The predicted octanol–water partition coefficient (Wildman–Crippen LogP) is 23.7. The summed E-state index contributed by atoms with van der Waals surface area (Å²) in [6.07, 6.45) is 91.3. The van der Waals surface area contributed by atoms with Crippen molar-refractivity contribution in [2.24, 2.45) is 0 Å². The molecule has 9 nitrogen and oxygen atoms in total. The van der Waals surface area contributed by atoms with E-state index < -0.39 is 26.5 Å². The van der Waals surface area contributed by atoms with Crippen LogP contribution in [0.1, 0.15) is 335 Å². The molecular weight excluding hydrogens is 1090 g/mol. The zero-order chi connectivity index (χ0) is 62.6. The van der Waals surface area contributed by atoms with Gasteiger partial charge in [0.15, 0.2) is 6.10 Å². The van der Waals surface area contributed by atoms with E-state index in [4.69, 9.17) is 18.5 Å². The number of carbonyl (C=O) groups is 2. The molecule has 0 aromatic heterocycles. The largest absolute Gasteiger partial charge is 0.472 e. The third kappa shape index (κ3) is 70.3. The van der Waals surface area contributed by atoms with Crippen molar-refractivity contribution in [1.29, 1.82) is 0 Å². The second-order valence-electron chi connectivity index (χ2n) is 25.6. The first-order valence-electron chi connectivity index (χ1n) is 36.3. The van der Waals surface area contributed by atoms with E-state index >= 15 is 0 Å². The molecule has 0 aromatic rings. The van der Waals surface area contributed by atoms with E-state index in [9.17, 15) is 19.0 Å². The fourth-order valence-corrected chi connectivity index (χ4v) is 11.1. The van der Waals surface area contributed by atoms with Gasteiger partial charge in [-0.15, -0.1) is 0 Å². The summed E-state index contributed by atoms with van der Waals surface area (Å²) in [5.74, 6) is -0.797. The zero-order valence-electron chi connectivity index (χ0n) is 57.0. The third-order valence-electron chi connectivity index (χ3n) is 15.9. The summed E-state index contributed by atoms with van der Waals surface area (Å²) in [6.45, 7) is 4.35.